The van der Waals surface area contributed by atoms with Crippen LogP contribution in [0.1, 0.15) is 41.7 Å². The van der Waals surface area contributed by atoms with Gasteiger partial charge < -0.3 is 29.9 Å². The zero-order chi connectivity index (χ0) is 28.7. The van der Waals surface area contributed by atoms with E-state index in [-0.39, 0.29) is 5.91 Å². The fraction of sp³-hybridized carbons (Fsp3) is 0.467. The van der Waals surface area contributed by atoms with Crippen molar-refractivity contribution < 1.29 is 9.32 Å². The molecule has 1 amide bonds. The molecule has 1 aliphatic carbocycles. The zero-order valence-electron chi connectivity index (χ0n) is 23.7. The molecule has 1 aromatic carbocycles. The van der Waals surface area contributed by atoms with Crippen LogP contribution in [0.3, 0.4) is 0 Å². The number of likely N-dealkylation sites (N-methyl/N-ethyl adjacent to an activating group) is 1. The quantitative estimate of drug-likeness (QED) is 0.458. The number of benzene rings is 1. The maximum Gasteiger partial charge on any atom is 0.246 e. The Morgan fingerprint density at radius 2 is 1.78 bits per heavy atom. The molecule has 3 aromatic rings. The number of hydrogen-bond acceptors (Lipinski definition) is 10. The molecule has 2 aromatic heterocycles. The van der Waals surface area contributed by atoms with Crippen LogP contribution in [0, 0.1) is 11.3 Å². The van der Waals surface area contributed by atoms with Crippen LogP contribution in [0.4, 0.5) is 16.4 Å². The number of nitrogen functional groups attached to an aromatic ring is 1. The number of thiophene rings is 1. The molecule has 2 N–H and O–H groups in total. The number of carbonyl (C=O) groups is 1. The van der Waals surface area contributed by atoms with Crippen molar-refractivity contribution in [1.29, 1.82) is 5.26 Å². The summed E-state index contributed by atoms with van der Waals surface area (Å²) in [6.45, 7) is 12.4. The predicted octanol–water partition coefficient (Wildman–Crippen LogP) is 3.48. The van der Waals surface area contributed by atoms with Gasteiger partial charge in [0.25, 0.3) is 0 Å². The average molecular weight is 573 g/mol. The summed E-state index contributed by atoms with van der Waals surface area (Å²) in [4.78, 5) is 27.1. The Bertz CT molecular complexity index is 1510. The Kier molecular flexibility index (Phi) is 7.21. The lowest BCUT2D eigenvalue weighted by atomic mass is 9.72. The van der Waals surface area contributed by atoms with Crippen LogP contribution in [-0.2, 0) is 16.6 Å². The molecule has 214 valence electrons. The Morgan fingerprint density at radius 1 is 1.12 bits per heavy atom. The summed E-state index contributed by atoms with van der Waals surface area (Å²) in [6.07, 6.45) is 4.07. The van der Waals surface area contributed by atoms with E-state index in [2.05, 4.69) is 64.7 Å². The topological polar surface area (TPSA) is 119 Å². The van der Waals surface area contributed by atoms with Gasteiger partial charge in [0.15, 0.2) is 0 Å². The predicted molar refractivity (Wildman–Crippen MR) is 161 cm³/mol. The summed E-state index contributed by atoms with van der Waals surface area (Å²) in [5.74, 6) is 1.03. The number of nitrogens with zero attached hydrogens (tertiary/aromatic N) is 7. The molecule has 4 heterocycles. The van der Waals surface area contributed by atoms with Gasteiger partial charge in [-0.2, -0.15) is 10.2 Å². The van der Waals surface area contributed by atoms with E-state index in [0.29, 0.717) is 35.4 Å². The molecule has 0 bridgehead atoms. The summed E-state index contributed by atoms with van der Waals surface area (Å²) in [7, 11) is 2.15. The van der Waals surface area contributed by atoms with Crippen LogP contribution in [0.5, 0.6) is 0 Å². The number of rotatable bonds is 5. The smallest absolute Gasteiger partial charge is 0.246 e. The molecule has 2 fully saturated rings. The number of amides is 1. The highest BCUT2D eigenvalue weighted by molar-refractivity contribution is 7.16. The van der Waals surface area contributed by atoms with E-state index in [9.17, 15) is 10.1 Å². The van der Waals surface area contributed by atoms with E-state index in [1.807, 2.05) is 4.90 Å². The van der Waals surface area contributed by atoms with Gasteiger partial charge in [0.1, 0.15) is 11.1 Å². The van der Waals surface area contributed by atoms with E-state index in [1.165, 1.54) is 17.4 Å². The van der Waals surface area contributed by atoms with Crippen LogP contribution in [0.2, 0.25) is 0 Å². The molecule has 0 spiro atoms. The van der Waals surface area contributed by atoms with E-state index in [4.69, 9.17) is 15.2 Å². The lowest BCUT2D eigenvalue weighted by molar-refractivity contribution is -0.126. The Hall–Kier alpha value is -3.88. The van der Waals surface area contributed by atoms with E-state index < -0.39 is 5.41 Å². The fourth-order valence-electron chi connectivity index (χ4n) is 6.34. The lowest BCUT2D eigenvalue weighted by Crippen LogP contribution is -2.48. The number of piperazine rings is 2. The minimum Gasteiger partial charge on any atom is -0.389 e. The van der Waals surface area contributed by atoms with Crippen molar-refractivity contribution in [1.82, 2.24) is 19.9 Å². The van der Waals surface area contributed by atoms with Gasteiger partial charge >= 0.3 is 0 Å². The van der Waals surface area contributed by atoms with Crippen LogP contribution < -0.4 is 15.5 Å². The van der Waals surface area contributed by atoms with Crippen molar-refractivity contribution >= 4 is 33.6 Å². The maximum absolute atomic E-state index is 12.1. The number of aromatic nitrogens is 2. The number of aryl methyl sites for hydroxylation is 1. The highest BCUT2D eigenvalue weighted by Crippen LogP contribution is 2.48. The number of anilines is 3. The Balaban J connectivity index is 1.36. The first-order valence-corrected chi connectivity index (χ1v) is 15.0. The monoisotopic (exact) mass is 572 g/mol. The number of hydrogen-bond donors (Lipinski definition) is 1. The van der Waals surface area contributed by atoms with Gasteiger partial charge in [-0.05, 0) is 57.5 Å². The van der Waals surface area contributed by atoms with Crippen molar-refractivity contribution in [3.8, 4) is 17.5 Å². The van der Waals surface area contributed by atoms with E-state index >= 15 is 0 Å². The summed E-state index contributed by atoms with van der Waals surface area (Å²) >= 11 is 1.50. The summed E-state index contributed by atoms with van der Waals surface area (Å²) < 4.78 is 5.97. The molecule has 1 atom stereocenters. The molecule has 1 unspecified atom stereocenters. The lowest BCUT2D eigenvalue weighted by Gasteiger charge is -2.37. The largest absolute Gasteiger partial charge is 0.389 e. The second-order valence-electron chi connectivity index (χ2n) is 11.4. The minimum absolute atomic E-state index is 0.0258. The minimum atomic E-state index is -0.566. The maximum atomic E-state index is 12.1. The second kappa shape index (κ2) is 10.8. The van der Waals surface area contributed by atoms with Crippen molar-refractivity contribution in [2.45, 2.75) is 31.6 Å². The summed E-state index contributed by atoms with van der Waals surface area (Å²) in [5.41, 5.74) is 10.3. The van der Waals surface area contributed by atoms with Crippen LogP contribution in [0.25, 0.3) is 11.4 Å². The standard InChI is InChI=1S/C30H36N8O2S/c1-4-25(39)38-14-12-37(13-15-38)22-17-20(16-21(18-22)36-10-8-35(3)9-11-36)28-33-29(40-34-28)30(2)7-5-6-24-26(30)23(19-31)27(32)41-24/h4,16-18H,1,5-15,32H2,2-3H3. The van der Waals surface area contributed by atoms with Gasteiger partial charge in [-0.15, -0.1) is 11.3 Å². The molecule has 11 heteroatoms. The summed E-state index contributed by atoms with van der Waals surface area (Å²) in [6, 6.07) is 8.84. The van der Waals surface area contributed by atoms with Crippen LogP contribution >= 0.6 is 11.3 Å². The van der Waals surface area contributed by atoms with Gasteiger partial charge in [0.05, 0.1) is 11.0 Å². The van der Waals surface area contributed by atoms with Gasteiger partial charge in [-0.1, -0.05) is 11.7 Å². The molecule has 0 saturated carbocycles. The SMILES string of the molecule is C=CC(=O)N1CCN(c2cc(-c3noc(C4(C)CCCc5sc(N)c(C#N)c54)n3)cc(N3CCN(C)CC3)c2)CC1. The van der Waals surface area contributed by atoms with Crippen molar-refractivity contribution in [3.05, 3.63) is 52.7 Å². The highest BCUT2D eigenvalue weighted by atomic mass is 32.1. The zero-order valence-corrected chi connectivity index (χ0v) is 24.5. The molecule has 6 rings (SSSR count). The number of carbonyl (C=O) groups excluding carboxylic acids is 1. The van der Waals surface area contributed by atoms with E-state index in [0.717, 1.165) is 85.9 Å². The molecule has 10 nitrogen and oxygen atoms in total. The highest BCUT2D eigenvalue weighted by Gasteiger charge is 2.43. The van der Waals surface area contributed by atoms with Crippen LogP contribution in [0.15, 0.2) is 35.4 Å². The third kappa shape index (κ3) is 4.96. The first-order valence-electron chi connectivity index (χ1n) is 14.2. The molecule has 41 heavy (non-hydrogen) atoms. The number of fused-ring (bicyclic) bond motifs is 1. The summed E-state index contributed by atoms with van der Waals surface area (Å²) in [5, 5.41) is 14.9. The third-order valence-corrected chi connectivity index (χ3v) is 9.89. The second-order valence-corrected chi connectivity index (χ2v) is 12.5. The first-order chi connectivity index (χ1) is 19.8. The molecule has 2 saturated heterocycles. The van der Waals surface area contributed by atoms with Crippen LogP contribution in [-0.4, -0.2) is 85.3 Å². The number of nitrogens with two attached hydrogens (primary N) is 1. The molecular weight excluding hydrogens is 536 g/mol. The van der Waals surface area contributed by atoms with Gasteiger partial charge in [-0.25, -0.2) is 0 Å². The van der Waals surface area contributed by atoms with Crippen molar-refractivity contribution in [2.24, 2.45) is 0 Å². The first kappa shape index (κ1) is 27.3. The molecular formula is C30H36N8O2S. The molecule has 2 aliphatic heterocycles. The average Bonchev–Trinajstić information content (AvgIpc) is 3.63. The van der Waals surface area contributed by atoms with Crippen molar-refractivity contribution in [2.75, 3.05) is 74.9 Å². The normalized spacial score (nSPS) is 21.4. The fourth-order valence-corrected chi connectivity index (χ4v) is 7.53. The number of nitriles is 1. The Morgan fingerprint density at radius 3 is 2.41 bits per heavy atom. The van der Waals surface area contributed by atoms with E-state index in [1.54, 1.807) is 0 Å². The van der Waals surface area contributed by atoms with Crippen molar-refractivity contribution in [3.63, 3.8) is 0 Å². The Labute approximate surface area is 244 Å². The third-order valence-electron chi connectivity index (χ3n) is 8.81. The van der Waals surface area contributed by atoms with Gasteiger partial charge in [0, 0.05) is 79.7 Å². The van der Waals surface area contributed by atoms with Gasteiger partial charge in [-0.3, -0.25) is 4.79 Å². The van der Waals surface area contributed by atoms with Gasteiger partial charge in [0.2, 0.25) is 17.6 Å². The molecule has 0 radical (unpaired) electrons. The molecule has 3 aliphatic rings.